The molecule has 0 aliphatic heterocycles. The van der Waals surface area contributed by atoms with Gasteiger partial charge in [-0.2, -0.15) is 0 Å². The molecule has 2 rings (SSSR count). The molecule has 0 bridgehead atoms. The zero-order valence-electron chi connectivity index (χ0n) is 18.0. The Labute approximate surface area is 182 Å². The standard InChI is InChI=1S/C21H27N3O6S/c1-5-6-16(3)22-21(25)14-23(17-8-10-18(30-4)11-9-17)31(28,29)19-12-7-15(2)20(13-19)24(26)27/h7-13,16H,5-6,14H2,1-4H3,(H,22,25). The van der Waals surface area contributed by atoms with Crippen LogP contribution in [0.1, 0.15) is 32.3 Å². The summed E-state index contributed by atoms with van der Waals surface area (Å²) < 4.78 is 32.9. The predicted molar refractivity (Wildman–Crippen MR) is 118 cm³/mol. The van der Waals surface area contributed by atoms with E-state index in [-0.39, 0.29) is 22.3 Å². The van der Waals surface area contributed by atoms with E-state index < -0.39 is 27.4 Å². The summed E-state index contributed by atoms with van der Waals surface area (Å²) in [6.07, 6.45) is 1.63. The molecule has 0 radical (unpaired) electrons. The lowest BCUT2D eigenvalue weighted by Gasteiger charge is -2.25. The number of amides is 1. The molecule has 0 saturated carbocycles. The average Bonchev–Trinajstić information content (AvgIpc) is 2.72. The number of rotatable bonds is 10. The van der Waals surface area contributed by atoms with Gasteiger partial charge in [0.15, 0.2) is 0 Å². The third-order valence-electron chi connectivity index (χ3n) is 4.74. The number of hydrogen-bond donors (Lipinski definition) is 1. The third-order valence-corrected chi connectivity index (χ3v) is 6.51. The Hall–Kier alpha value is -3.14. The van der Waals surface area contributed by atoms with Crippen LogP contribution in [0, 0.1) is 17.0 Å². The SMILES string of the molecule is CCCC(C)NC(=O)CN(c1ccc(OC)cc1)S(=O)(=O)c1ccc(C)c([N+](=O)[O-])c1. The van der Waals surface area contributed by atoms with Crippen molar-refractivity contribution in [3.8, 4) is 5.75 Å². The van der Waals surface area contributed by atoms with Crippen molar-refractivity contribution >= 4 is 27.3 Å². The van der Waals surface area contributed by atoms with E-state index in [4.69, 9.17) is 4.74 Å². The van der Waals surface area contributed by atoms with E-state index in [0.717, 1.165) is 23.2 Å². The maximum atomic E-state index is 13.4. The number of nitrogens with zero attached hydrogens (tertiary/aromatic N) is 2. The number of sulfonamides is 1. The largest absolute Gasteiger partial charge is 0.497 e. The van der Waals surface area contributed by atoms with Crippen LogP contribution in [0.5, 0.6) is 5.75 Å². The van der Waals surface area contributed by atoms with Crippen molar-refractivity contribution in [3.63, 3.8) is 0 Å². The van der Waals surface area contributed by atoms with Gasteiger partial charge in [0.1, 0.15) is 12.3 Å². The molecule has 2 aromatic carbocycles. The number of nitrogens with one attached hydrogen (secondary N) is 1. The van der Waals surface area contributed by atoms with Crippen molar-refractivity contribution in [2.24, 2.45) is 0 Å². The highest BCUT2D eigenvalue weighted by atomic mass is 32.2. The van der Waals surface area contributed by atoms with E-state index in [1.165, 1.54) is 38.3 Å². The number of carbonyl (C=O) groups excluding carboxylic acids is 1. The van der Waals surface area contributed by atoms with Crippen LogP contribution in [0.4, 0.5) is 11.4 Å². The molecule has 0 aromatic heterocycles. The normalized spacial score (nSPS) is 12.1. The number of hydrogen-bond acceptors (Lipinski definition) is 6. The fraction of sp³-hybridized carbons (Fsp3) is 0.381. The molecule has 1 unspecified atom stereocenters. The van der Waals surface area contributed by atoms with E-state index in [1.54, 1.807) is 12.1 Å². The van der Waals surface area contributed by atoms with Crippen molar-refractivity contribution < 1.29 is 22.9 Å². The lowest BCUT2D eigenvalue weighted by molar-refractivity contribution is -0.385. The molecule has 1 N–H and O–H groups in total. The lowest BCUT2D eigenvalue weighted by Crippen LogP contribution is -2.43. The Balaban J connectivity index is 2.48. The fourth-order valence-corrected chi connectivity index (χ4v) is 4.53. The highest BCUT2D eigenvalue weighted by molar-refractivity contribution is 7.92. The number of nitro benzene ring substituents is 1. The number of anilines is 1. The zero-order chi connectivity index (χ0) is 23.2. The molecule has 9 nitrogen and oxygen atoms in total. The molecule has 0 saturated heterocycles. The summed E-state index contributed by atoms with van der Waals surface area (Å²) in [5.74, 6) is 0.0510. The number of aryl methyl sites for hydroxylation is 1. The van der Waals surface area contributed by atoms with E-state index in [1.807, 2.05) is 13.8 Å². The number of carbonyl (C=O) groups is 1. The van der Waals surface area contributed by atoms with Crippen molar-refractivity contribution in [2.75, 3.05) is 18.0 Å². The van der Waals surface area contributed by atoms with E-state index in [0.29, 0.717) is 11.3 Å². The third kappa shape index (κ3) is 5.94. The summed E-state index contributed by atoms with van der Waals surface area (Å²) in [4.78, 5) is 23.0. The van der Waals surface area contributed by atoms with Gasteiger partial charge in [0, 0.05) is 17.7 Å². The van der Waals surface area contributed by atoms with Crippen molar-refractivity contribution in [2.45, 2.75) is 44.6 Å². The van der Waals surface area contributed by atoms with Gasteiger partial charge in [-0.05, 0) is 50.6 Å². The Morgan fingerprint density at radius 2 is 1.87 bits per heavy atom. The van der Waals surface area contributed by atoms with Gasteiger partial charge in [-0.15, -0.1) is 0 Å². The van der Waals surface area contributed by atoms with E-state index in [2.05, 4.69) is 5.32 Å². The summed E-state index contributed by atoms with van der Waals surface area (Å²) in [6.45, 7) is 4.89. The predicted octanol–water partition coefficient (Wildman–Crippen LogP) is 3.41. The van der Waals surface area contributed by atoms with E-state index in [9.17, 15) is 23.3 Å². The molecule has 168 valence electrons. The maximum absolute atomic E-state index is 13.4. The lowest BCUT2D eigenvalue weighted by atomic mass is 10.2. The Morgan fingerprint density at radius 1 is 1.23 bits per heavy atom. The molecule has 0 fully saturated rings. The van der Waals surface area contributed by atoms with Gasteiger partial charge < -0.3 is 10.1 Å². The molecule has 31 heavy (non-hydrogen) atoms. The molecule has 1 amide bonds. The second kappa shape index (κ2) is 10.3. The second-order valence-electron chi connectivity index (χ2n) is 7.17. The van der Waals surface area contributed by atoms with Gasteiger partial charge in [-0.25, -0.2) is 8.42 Å². The minimum atomic E-state index is -4.26. The number of benzene rings is 2. The Bertz CT molecular complexity index is 1040. The topological polar surface area (TPSA) is 119 Å². The molecular weight excluding hydrogens is 422 g/mol. The van der Waals surface area contributed by atoms with Crippen LogP contribution in [0.25, 0.3) is 0 Å². The Morgan fingerprint density at radius 3 is 2.42 bits per heavy atom. The summed E-state index contributed by atoms with van der Waals surface area (Å²) in [7, 11) is -2.78. The molecule has 0 spiro atoms. The highest BCUT2D eigenvalue weighted by Crippen LogP contribution is 2.29. The summed E-state index contributed by atoms with van der Waals surface area (Å²) in [5.41, 5.74) is 0.269. The number of ether oxygens (including phenoxy) is 1. The second-order valence-corrected chi connectivity index (χ2v) is 9.03. The zero-order valence-corrected chi connectivity index (χ0v) is 18.8. The monoisotopic (exact) mass is 449 g/mol. The quantitative estimate of drug-likeness (QED) is 0.439. The molecular formula is C21H27N3O6S. The van der Waals surface area contributed by atoms with Crippen LogP contribution in [-0.4, -0.2) is 38.9 Å². The molecule has 2 aromatic rings. The minimum absolute atomic E-state index is 0.113. The van der Waals surface area contributed by atoms with Gasteiger partial charge >= 0.3 is 0 Å². The van der Waals surface area contributed by atoms with Crippen molar-refractivity contribution in [3.05, 3.63) is 58.1 Å². The van der Waals surface area contributed by atoms with Gasteiger partial charge in [-0.1, -0.05) is 19.4 Å². The highest BCUT2D eigenvalue weighted by Gasteiger charge is 2.29. The first-order valence-corrected chi connectivity index (χ1v) is 11.2. The summed E-state index contributed by atoms with van der Waals surface area (Å²) >= 11 is 0. The van der Waals surface area contributed by atoms with Gasteiger partial charge in [0.05, 0.1) is 22.6 Å². The van der Waals surface area contributed by atoms with Crippen molar-refractivity contribution in [1.82, 2.24) is 5.32 Å². The Kier molecular flexibility index (Phi) is 7.98. The van der Waals surface area contributed by atoms with Crippen LogP contribution >= 0.6 is 0 Å². The first-order chi connectivity index (χ1) is 14.6. The minimum Gasteiger partial charge on any atom is -0.497 e. The van der Waals surface area contributed by atoms with Gasteiger partial charge in [0.25, 0.3) is 15.7 Å². The van der Waals surface area contributed by atoms with E-state index >= 15 is 0 Å². The van der Waals surface area contributed by atoms with Crippen LogP contribution < -0.4 is 14.4 Å². The van der Waals surface area contributed by atoms with Gasteiger partial charge in [-0.3, -0.25) is 19.2 Å². The molecule has 0 aliphatic carbocycles. The number of methoxy groups -OCH3 is 1. The maximum Gasteiger partial charge on any atom is 0.273 e. The molecule has 0 heterocycles. The fourth-order valence-electron chi connectivity index (χ4n) is 3.09. The van der Waals surface area contributed by atoms with Crippen LogP contribution in [0.3, 0.4) is 0 Å². The van der Waals surface area contributed by atoms with Crippen LogP contribution in [0.2, 0.25) is 0 Å². The number of nitro groups is 1. The first-order valence-electron chi connectivity index (χ1n) is 9.81. The smallest absolute Gasteiger partial charge is 0.273 e. The summed E-state index contributed by atoms with van der Waals surface area (Å²) in [6, 6.07) is 9.76. The summed E-state index contributed by atoms with van der Waals surface area (Å²) in [5, 5.41) is 14.1. The van der Waals surface area contributed by atoms with Gasteiger partial charge in [0.2, 0.25) is 5.91 Å². The molecule has 10 heteroatoms. The molecule has 1 atom stereocenters. The van der Waals surface area contributed by atoms with Crippen LogP contribution in [0.15, 0.2) is 47.4 Å². The average molecular weight is 450 g/mol. The molecule has 0 aliphatic rings. The van der Waals surface area contributed by atoms with Crippen LogP contribution in [-0.2, 0) is 14.8 Å². The first kappa shape index (κ1) is 24.1. The van der Waals surface area contributed by atoms with Crippen molar-refractivity contribution in [1.29, 1.82) is 0 Å².